The fourth-order valence-electron chi connectivity index (χ4n) is 1.75. The van der Waals surface area contributed by atoms with Gasteiger partial charge in [-0.15, -0.1) is 0 Å². The summed E-state index contributed by atoms with van der Waals surface area (Å²) in [5.41, 5.74) is 0.795. The molecule has 0 amide bonds. The molecule has 0 aromatic heterocycles. The molecule has 0 saturated carbocycles. The first-order valence-electron chi connectivity index (χ1n) is 6.17. The predicted molar refractivity (Wildman–Crippen MR) is 76.3 cm³/mol. The average Bonchev–Trinajstić information content (AvgIpc) is 2.55. The Kier molecular flexibility index (Phi) is 4.56. The summed E-state index contributed by atoms with van der Waals surface area (Å²) in [6, 6.07) is 11.2. The molecule has 0 aliphatic rings. The van der Waals surface area contributed by atoms with Crippen LogP contribution in [0.3, 0.4) is 0 Å². The van der Waals surface area contributed by atoms with Crippen molar-refractivity contribution >= 4 is 12.3 Å². The van der Waals surface area contributed by atoms with Crippen molar-refractivity contribution in [3.63, 3.8) is 0 Å². The Hall–Kier alpha value is -2.82. The van der Waals surface area contributed by atoms with Crippen molar-refractivity contribution < 1.29 is 23.8 Å². The summed E-state index contributed by atoms with van der Waals surface area (Å²) in [4.78, 5) is 22.8. The van der Waals surface area contributed by atoms with Crippen LogP contribution >= 0.6 is 0 Å². The standard InChI is InChI=1S/C16H14O5/c1-19-13-5-3-4-12(9-13)16(18)21-14-7-6-11(10-17)8-15(14)20-2/h3-10H,1-2H3. The molecule has 21 heavy (non-hydrogen) atoms. The van der Waals surface area contributed by atoms with E-state index in [0.717, 1.165) is 0 Å². The average molecular weight is 286 g/mol. The van der Waals surface area contributed by atoms with Crippen LogP contribution in [-0.4, -0.2) is 26.5 Å². The maximum atomic E-state index is 12.1. The third-order valence-electron chi connectivity index (χ3n) is 2.83. The lowest BCUT2D eigenvalue weighted by Gasteiger charge is -2.10. The van der Waals surface area contributed by atoms with Crippen LogP contribution in [0.5, 0.6) is 17.2 Å². The number of aldehydes is 1. The second-order valence-electron chi connectivity index (χ2n) is 4.15. The van der Waals surface area contributed by atoms with Crippen LogP contribution in [0.15, 0.2) is 42.5 Å². The summed E-state index contributed by atoms with van der Waals surface area (Å²) < 4.78 is 15.5. The van der Waals surface area contributed by atoms with Crippen molar-refractivity contribution in [2.24, 2.45) is 0 Å². The van der Waals surface area contributed by atoms with Gasteiger partial charge in [-0.1, -0.05) is 6.07 Å². The van der Waals surface area contributed by atoms with Gasteiger partial charge in [0.05, 0.1) is 19.8 Å². The molecule has 0 heterocycles. The largest absolute Gasteiger partial charge is 0.497 e. The molecule has 0 bridgehead atoms. The van der Waals surface area contributed by atoms with Gasteiger partial charge >= 0.3 is 5.97 Å². The van der Waals surface area contributed by atoms with E-state index in [0.29, 0.717) is 28.9 Å². The number of methoxy groups -OCH3 is 2. The van der Waals surface area contributed by atoms with Crippen LogP contribution in [-0.2, 0) is 0 Å². The van der Waals surface area contributed by atoms with E-state index in [4.69, 9.17) is 14.2 Å². The van der Waals surface area contributed by atoms with Crippen molar-refractivity contribution in [2.75, 3.05) is 14.2 Å². The van der Waals surface area contributed by atoms with Gasteiger partial charge in [-0.2, -0.15) is 0 Å². The lowest BCUT2D eigenvalue weighted by atomic mass is 10.2. The zero-order valence-corrected chi connectivity index (χ0v) is 11.7. The zero-order valence-electron chi connectivity index (χ0n) is 11.7. The van der Waals surface area contributed by atoms with Crippen molar-refractivity contribution in [3.8, 4) is 17.2 Å². The Bertz CT molecular complexity index is 663. The summed E-state index contributed by atoms with van der Waals surface area (Å²) in [5.74, 6) is 0.588. The minimum absolute atomic E-state index is 0.246. The highest BCUT2D eigenvalue weighted by Crippen LogP contribution is 2.28. The fraction of sp³-hybridized carbons (Fsp3) is 0.125. The minimum Gasteiger partial charge on any atom is -0.497 e. The second kappa shape index (κ2) is 6.56. The monoisotopic (exact) mass is 286 g/mol. The van der Waals surface area contributed by atoms with E-state index in [2.05, 4.69) is 0 Å². The first-order valence-corrected chi connectivity index (χ1v) is 6.17. The Balaban J connectivity index is 2.24. The van der Waals surface area contributed by atoms with Gasteiger partial charge in [-0.25, -0.2) is 4.79 Å². The van der Waals surface area contributed by atoms with E-state index in [9.17, 15) is 9.59 Å². The van der Waals surface area contributed by atoms with E-state index in [-0.39, 0.29) is 5.75 Å². The van der Waals surface area contributed by atoms with Crippen LogP contribution in [0.1, 0.15) is 20.7 Å². The first kappa shape index (κ1) is 14.6. The molecule has 0 radical (unpaired) electrons. The van der Waals surface area contributed by atoms with Crippen LogP contribution in [0, 0.1) is 0 Å². The Morgan fingerprint density at radius 2 is 1.81 bits per heavy atom. The molecule has 0 atom stereocenters. The van der Waals surface area contributed by atoms with Gasteiger partial charge in [-0.05, 0) is 36.4 Å². The molecular weight excluding hydrogens is 272 g/mol. The van der Waals surface area contributed by atoms with Crippen LogP contribution in [0.25, 0.3) is 0 Å². The molecule has 0 aliphatic carbocycles. The highest BCUT2D eigenvalue weighted by Gasteiger charge is 2.13. The first-order chi connectivity index (χ1) is 10.2. The Labute approximate surface area is 122 Å². The number of carbonyl (C=O) groups is 2. The molecule has 5 nitrogen and oxygen atoms in total. The van der Waals surface area contributed by atoms with Crippen LogP contribution < -0.4 is 14.2 Å². The van der Waals surface area contributed by atoms with E-state index in [1.165, 1.54) is 26.4 Å². The van der Waals surface area contributed by atoms with Crippen LogP contribution in [0.2, 0.25) is 0 Å². The van der Waals surface area contributed by atoms with E-state index >= 15 is 0 Å². The molecule has 2 rings (SSSR count). The number of rotatable bonds is 5. The van der Waals surface area contributed by atoms with Crippen molar-refractivity contribution in [3.05, 3.63) is 53.6 Å². The maximum absolute atomic E-state index is 12.1. The number of hydrogen-bond donors (Lipinski definition) is 0. The highest BCUT2D eigenvalue weighted by atomic mass is 16.6. The van der Waals surface area contributed by atoms with Crippen LogP contribution in [0.4, 0.5) is 0 Å². The normalized spacial score (nSPS) is 9.81. The van der Waals surface area contributed by atoms with Gasteiger partial charge in [0.15, 0.2) is 11.5 Å². The summed E-state index contributed by atoms with van der Waals surface area (Å²) in [7, 11) is 2.96. The summed E-state index contributed by atoms with van der Waals surface area (Å²) in [5, 5.41) is 0. The number of ether oxygens (including phenoxy) is 3. The highest BCUT2D eigenvalue weighted by molar-refractivity contribution is 5.92. The van der Waals surface area contributed by atoms with Crippen molar-refractivity contribution in [2.45, 2.75) is 0 Å². The number of benzene rings is 2. The quantitative estimate of drug-likeness (QED) is 0.480. The fourth-order valence-corrected chi connectivity index (χ4v) is 1.75. The third kappa shape index (κ3) is 3.39. The number of hydrogen-bond acceptors (Lipinski definition) is 5. The van der Waals surface area contributed by atoms with Crippen molar-refractivity contribution in [1.29, 1.82) is 0 Å². The lowest BCUT2D eigenvalue weighted by molar-refractivity contribution is 0.0729. The van der Waals surface area contributed by atoms with Gasteiger partial charge in [0.1, 0.15) is 12.0 Å². The molecule has 0 fully saturated rings. The molecule has 108 valence electrons. The topological polar surface area (TPSA) is 61.8 Å². The minimum atomic E-state index is -0.536. The van der Waals surface area contributed by atoms with Gasteiger partial charge in [0.25, 0.3) is 0 Å². The van der Waals surface area contributed by atoms with Gasteiger partial charge in [0.2, 0.25) is 0 Å². The molecule has 2 aromatic rings. The second-order valence-corrected chi connectivity index (χ2v) is 4.15. The smallest absolute Gasteiger partial charge is 0.343 e. The lowest BCUT2D eigenvalue weighted by Crippen LogP contribution is -2.09. The number of esters is 1. The molecule has 2 aromatic carbocycles. The predicted octanol–water partition coefficient (Wildman–Crippen LogP) is 2.74. The van der Waals surface area contributed by atoms with Gasteiger partial charge in [0, 0.05) is 5.56 Å². The summed E-state index contributed by atoms with van der Waals surface area (Å²) in [6.07, 6.45) is 0.691. The molecular formula is C16H14O5. The molecule has 0 unspecified atom stereocenters. The zero-order chi connectivity index (χ0) is 15.2. The number of carbonyl (C=O) groups excluding carboxylic acids is 2. The third-order valence-corrected chi connectivity index (χ3v) is 2.83. The van der Waals surface area contributed by atoms with Gasteiger partial charge in [-0.3, -0.25) is 4.79 Å². The van der Waals surface area contributed by atoms with E-state index < -0.39 is 5.97 Å². The molecule has 0 saturated heterocycles. The van der Waals surface area contributed by atoms with E-state index in [1.807, 2.05) is 0 Å². The van der Waals surface area contributed by atoms with Crippen molar-refractivity contribution in [1.82, 2.24) is 0 Å². The molecule has 0 N–H and O–H groups in total. The SMILES string of the molecule is COc1cccc(C(=O)Oc2ccc(C=O)cc2OC)c1. The molecule has 0 spiro atoms. The molecule has 0 aliphatic heterocycles. The van der Waals surface area contributed by atoms with Gasteiger partial charge < -0.3 is 14.2 Å². The summed E-state index contributed by atoms with van der Waals surface area (Å²) >= 11 is 0. The summed E-state index contributed by atoms with van der Waals surface area (Å²) in [6.45, 7) is 0. The Morgan fingerprint density at radius 1 is 1.00 bits per heavy atom. The molecule has 5 heteroatoms. The Morgan fingerprint density at radius 3 is 2.48 bits per heavy atom. The maximum Gasteiger partial charge on any atom is 0.343 e. The van der Waals surface area contributed by atoms with E-state index in [1.54, 1.807) is 30.3 Å².